The molecule has 0 saturated heterocycles. The highest BCUT2D eigenvalue weighted by Crippen LogP contribution is 2.46. The van der Waals surface area contributed by atoms with Gasteiger partial charge >= 0.3 is 5.63 Å². The van der Waals surface area contributed by atoms with Gasteiger partial charge in [-0.15, -0.1) is 0 Å². The van der Waals surface area contributed by atoms with Crippen LogP contribution >= 0.6 is 0 Å². The molecule has 1 aromatic heterocycles. The molecule has 2 atom stereocenters. The topological polar surface area (TPSA) is 39.4 Å². The third-order valence-electron chi connectivity index (χ3n) is 5.23. The van der Waals surface area contributed by atoms with Crippen molar-refractivity contribution in [2.24, 2.45) is 0 Å². The fraction of sp³-hybridized carbons (Fsp3) is 0.125. The first-order valence-electron chi connectivity index (χ1n) is 9.13. The van der Waals surface area contributed by atoms with Crippen LogP contribution in [0.15, 0.2) is 94.1 Å². The van der Waals surface area contributed by atoms with Gasteiger partial charge in [-0.05, 0) is 29.7 Å². The zero-order valence-electron chi connectivity index (χ0n) is 14.7. The number of ether oxygens (including phenoxy) is 1. The average Bonchev–Trinajstić information content (AvgIpc) is 2.74. The number of hydrogen-bond acceptors (Lipinski definition) is 3. The van der Waals surface area contributed by atoms with E-state index >= 15 is 0 Å². The molecule has 4 aromatic rings. The first-order valence-corrected chi connectivity index (χ1v) is 9.13. The van der Waals surface area contributed by atoms with Crippen molar-refractivity contribution in [3.8, 4) is 5.75 Å². The molecule has 5 rings (SSSR count). The van der Waals surface area contributed by atoms with Crippen LogP contribution in [0.3, 0.4) is 0 Å². The lowest BCUT2D eigenvalue weighted by Gasteiger charge is -2.32. The van der Waals surface area contributed by atoms with E-state index in [9.17, 15) is 4.79 Å². The highest BCUT2D eigenvalue weighted by molar-refractivity contribution is 5.85. The second-order valence-corrected chi connectivity index (χ2v) is 6.84. The van der Waals surface area contributed by atoms with E-state index in [1.807, 2.05) is 60.7 Å². The van der Waals surface area contributed by atoms with E-state index < -0.39 is 0 Å². The van der Waals surface area contributed by atoms with Crippen molar-refractivity contribution in [3.05, 3.63) is 112 Å². The Kier molecular flexibility index (Phi) is 3.79. The summed E-state index contributed by atoms with van der Waals surface area (Å²) in [7, 11) is 0. The molecule has 0 aliphatic carbocycles. The molecule has 3 heteroatoms. The summed E-state index contributed by atoms with van der Waals surface area (Å²) < 4.78 is 12.0. The van der Waals surface area contributed by atoms with Crippen LogP contribution in [0.4, 0.5) is 0 Å². The fourth-order valence-corrected chi connectivity index (χ4v) is 3.95. The second-order valence-electron chi connectivity index (χ2n) is 6.84. The largest absolute Gasteiger partial charge is 0.484 e. The van der Waals surface area contributed by atoms with Crippen LogP contribution in [0.2, 0.25) is 0 Å². The summed E-state index contributed by atoms with van der Waals surface area (Å²) in [6, 6.07) is 27.9. The second kappa shape index (κ2) is 6.44. The third kappa shape index (κ3) is 2.72. The Morgan fingerprint density at radius 2 is 1.37 bits per heavy atom. The smallest absolute Gasteiger partial charge is 0.343 e. The van der Waals surface area contributed by atoms with Crippen molar-refractivity contribution in [1.29, 1.82) is 0 Å². The van der Waals surface area contributed by atoms with Crippen molar-refractivity contribution in [1.82, 2.24) is 0 Å². The summed E-state index contributed by atoms with van der Waals surface area (Å²) in [5.74, 6) is 0.580. The highest BCUT2D eigenvalue weighted by Gasteiger charge is 2.34. The van der Waals surface area contributed by atoms with E-state index in [1.54, 1.807) is 0 Å². The molecule has 3 nitrogen and oxygen atoms in total. The van der Waals surface area contributed by atoms with Crippen molar-refractivity contribution in [2.45, 2.75) is 18.4 Å². The first-order chi connectivity index (χ1) is 13.3. The summed E-state index contributed by atoms with van der Waals surface area (Å²) in [5.41, 5.74) is 3.07. The number of benzene rings is 3. The summed E-state index contributed by atoms with van der Waals surface area (Å²) in [5, 5.41) is 0.841. The summed E-state index contributed by atoms with van der Waals surface area (Å²) in [6.07, 6.45) is 0.582. The molecule has 0 spiro atoms. The quantitative estimate of drug-likeness (QED) is 0.449. The van der Waals surface area contributed by atoms with Crippen molar-refractivity contribution in [2.75, 3.05) is 0 Å². The van der Waals surface area contributed by atoms with Gasteiger partial charge in [-0.2, -0.15) is 0 Å². The molecule has 0 N–H and O–H groups in total. The Hall–Kier alpha value is -3.33. The Morgan fingerprint density at radius 3 is 2.11 bits per heavy atom. The van der Waals surface area contributed by atoms with Gasteiger partial charge in [0.2, 0.25) is 0 Å². The van der Waals surface area contributed by atoms with E-state index in [2.05, 4.69) is 24.3 Å². The number of hydrogen-bond donors (Lipinski definition) is 0. The number of fused-ring (bicyclic) bond motifs is 3. The molecule has 0 bridgehead atoms. The van der Waals surface area contributed by atoms with Crippen molar-refractivity contribution >= 4 is 11.0 Å². The molecular formula is C24H18O3. The van der Waals surface area contributed by atoms with Gasteiger partial charge in [0.25, 0.3) is 0 Å². The van der Waals surface area contributed by atoms with Crippen molar-refractivity contribution < 1.29 is 9.15 Å². The Morgan fingerprint density at radius 1 is 0.741 bits per heavy atom. The standard InChI is InChI=1S/C24H18O3/c25-24-22-19(16-9-3-1-4-10-16)15-21(17-11-5-2-6-12-17)26-23(22)18-13-7-8-14-20(18)27-24/h1-14,19,21H,15H2/t19-,21-/m0/s1. The van der Waals surface area contributed by atoms with Gasteiger partial charge in [-0.3, -0.25) is 0 Å². The minimum atomic E-state index is -0.316. The zero-order valence-corrected chi connectivity index (χ0v) is 14.7. The van der Waals surface area contributed by atoms with E-state index in [-0.39, 0.29) is 17.6 Å². The predicted octanol–water partition coefficient (Wildman–Crippen LogP) is 5.45. The normalized spacial score (nSPS) is 18.7. The molecule has 0 radical (unpaired) electrons. The maximum atomic E-state index is 12.9. The maximum Gasteiger partial charge on any atom is 0.343 e. The summed E-state index contributed by atoms with van der Waals surface area (Å²) in [4.78, 5) is 12.9. The summed E-state index contributed by atoms with van der Waals surface area (Å²) >= 11 is 0. The van der Waals surface area contributed by atoms with Gasteiger partial charge in [0, 0.05) is 5.92 Å². The van der Waals surface area contributed by atoms with Crippen LogP contribution in [0.25, 0.3) is 11.0 Å². The van der Waals surface area contributed by atoms with Gasteiger partial charge in [-0.1, -0.05) is 72.8 Å². The Balaban J connectivity index is 1.76. The molecule has 0 saturated carbocycles. The van der Waals surface area contributed by atoms with E-state index in [1.165, 1.54) is 0 Å². The van der Waals surface area contributed by atoms with E-state index in [0.29, 0.717) is 23.3 Å². The number of rotatable bonds is 2. The van der Waals surface area contributed by atoms with Crippen molar-refractivity contribution in [3.63, 3.8) is 0 Å². The van der Waals surface area contributed by atoms with Crippen LogP contribution < -0.4 is 10.4 Å². The molecule has 3 aromatic carbocycles. The molecule has 2 heterocycles. The lowest BCUT2D eigenvalue weighted by atomic mass is 9.83. The lowest BCUT2D eigenvalue weighted by molar-refractivity contribution is 0.167. The fourth-order valence-electron chi connectivity index (χ4n) is 3.95. The third-order valence-corrected chi connectivity index (χ3v) is 5.23. The molecule has 0 unspecified atom stereocenters. The summed E-state index contributed by atoms with van der Waals surface area (Å²) in [6.45, 7) is 0. The van der Waals surface area contributed by atoms with Gasteiger partial charge in [0.15, 0.2) is 0 Å². The van der Waals surface area contributed by atoms with Crippen LogP contribution in [-0.4, -0.2) is 0 Å². The molecule has 0 fully saturated rings. The van der Waals surface area contributed by atoms with Crippen LogP contribution in [0.5, 0.6) is 5.75 Å². The predicted molar refractivity (Wildman–Crippen MR) is 105 cm³/mol. The Labute approximate surface area is 156 Å². The first kappa shape index (κ1) is 15.9. The van der Waals surface area contributed by atoms with Gasteiger partial charge in [-0.25, -0.2) is 4.79 Å². The van der Waals surface area contributed by atoms with Gasteiger partial charge in [0.05, 0.1) is 10.9 Å². The lowest BCUT2D eigenvalue weighted by Crippen LogP contribution is -2.25. The molecule has 132 valence electrons. The molecule has 0 amide bonds. The maximum absolute atomic E-state index is 12.9. The van der Waals surface area contributed by atoms with Gasteiger partial charge < -0.3 is 9.15 Å². The highest BCUT2D eigenvalue weighted by atomic mass is 16.5. The van der Waals surface area contributed by atoms with E-state index in [0.717, 1.165) is 16.5 Å². The molecule has 27 heavy (non-hydrogen) atoms. The number of para-hydroxylation sites is 1. The van der Waals surface area contributed by atoms with E-state index in [4.69, 9.17) is 9.15 Å². The monoisotopic (exact) mass is 354 g/mol. The minimum absolute atomic E-state index is 0.0685. The minimum Gasteiger partial charge on any atom is -0.484 e. The van der Waals surface area contributed by atoms with Crippen LogP contribution in [0, 0.1) is 0 Å². The molecule has 1 aliphatic rings. The van der Waals surface area contributed by atoms with Crippen LogP contribution in [-0.2, 0) is 0 Å². The SMILES string of the molecule is O=c1oc2ccccc2c2c1[C@H](c1ccccc1)C[C@@H](c1ccccc1)O2. The Bertz CT molecular complexity index is 1150. The van der Waals surface area contributed by atoms with Crippen LogP contribution in [0.1, 0.15) is 35.1 Å². The van der Waals surface area contributed by atoms with Gasteiger partial charge in [0.1, 0.15) is 17.4 Å². The molecular weight excluding hydrogens is 336 g/mol. The molecule has 1 aliphatic heterocycles. The zero-order chi connectivity index (χ0) is 18.2. The average molecular weight is 354 g/mol.